The van der Waals surface area contributed by atoms with E-state index in [0.29, 0.717) is 17.3 Å². The first-order chi connectivity index (χ1) is 17.4. The van der Waals surface area contributed by atoms with E-state index in [1.807, 2.05) is 18.5 Å². The van der Waals surface area contributed by atoms with Crippen LogP contribution >= 0.6 is 11.6 Å². The van der Waals surface area contributed by atoms with Crippen LogP contribution in [0.5, 0.6) is 0 Å². The summed E-state index contributed by atoms with van der Waals surface area (Å²) >= 11 is 6.76. The van der Waals surface area contributed by atoms with E-state index < -0.39 is 0 Å². The fourth-order valence-electron chi connectivity index (χ4n) is 6.70. The Kier molecular flexibility index (Phi) is 5.01. The van der Waals surface area contributed by atoms with Crippen LogP contribution in [0.3, 0.4) is 0 Å². The Morgan fingerprint density at radius 2 is 1.97 bits per heavy atom. The van der Waals surface area contributed by atoms with E-state index in [4.69, 9.17) is 31.2 Å². The molecule has 2 saturated heterocycles. The molecule has 4 fully saturated rings. The number of halogens is 1. The van der Waals surface area contributed by atoms with Crippen LogP contribution in [0.1, 0.15) is 49.8 Å². The zero-order valence-corrected chi connectivity index (χ0v) is 21.9. The van der Waals surface area contributed by atoms with E-state index in [9.17, 15) is 0 Å². The number of rotatable bonds is 7. The Hall–Kier alpha value is -2.26. The van der Waals surface area contributed by atoms with Crippen molar-refractivity contribution in [2.75, 3.05) is 45.3 Å². The third-order valence-electron chi connectivity index (χ3n) is 9.30. The molecule has 8 nitrogen and oxygen atoms in total. The fraction of sp³-hybridized carbons (Fsp3) is 0.593. The number of benzene rings is 1. The summed E-state index contributed by atoms with van der Waals surface area (Å²) in [7, 11) is 1.78. The van der Waals surface area contributed by atoms with Gasteiger partial charge in [-0.2, -0.15) is 5.10 Å². The summed E-state index contributed by atoms with van der Waals surface area (Å²) in [5.74, 6) is 1.02. The maximum absolute atomic E-state index is 6.76. The molecule has 9 heteroatoms. The van der Waals surface area contributed by atoms with Gasteiger partial charge in [-0.25, -0.2) is 9.97 Å². The molecule has 0 spiro atoms. The van der Waals surface area contributed by atoms with Crippen molar-refractivity contribution < 1.29 is 9.47 Å². The molecule has 1 N–H and O–H groups in total. The molecule has 2 aliphatic heterocycles. The molecule has 3 aromatic rings. The van der Waals surface area contributed by atoms with Crippen LogP contribution in [0, 0.1) is 12.3 Å². The lowest BCUT2D eigenvalue weighted by Crippen LogP contribution is -2.61. The molecule has 36 heavy (non-hydrogen) atoms. The Bertz CT molecular complexity index is 1340. The topological polar surface area (TPSA) is 77.3 Å². The van der Waals surface area contributed by atoms with Crippen molar-refractivity contribution in [3.63, 3.8) is 0 Å². The van der Waals surface area contributed by atoms with Crippen molar-refractivity contribution in [3.05, 3.63) is 40.8 Å². The number of nitrogens with zero attached hydrogens (tertiary/aromatic N) is 5. The van der Waals surface area contributed by atoms with E-state index in [-0.39, 0.29) is 11.1 Å². The number of aromatic nitrogens is 4. The highest BCUT2D eigenvalue weighted by atomic mass is 35.5. The zero-order chi connectivity index (χ0) is 24.7. The summed E-state index contributed by atoms with van der Waals surface area (Å²) in [5, 5.41) is 9.89. The molecule has 0 radical (unpaired) electrons. The normalized spacial score (nSPS) is 29.1. The molecule has 190 valence electrons. The van der Waals surface area contributed by atoms with Gasteiger partial charge in [0.2, 0.25) is 5.95 Å². The van der Waals surface area contributed by atoms with Gasteiger partial charge >= 0.3 is 0 Å². The van der Waals surface area contributed by atoms with Crippen molar-refractivity contribution in [2.24, 2.45) is 5.41 Å². The van der Waals surface area contributed by atoms with Crippen molar-refractivity contribution in [1.82, 2.24) is 24.6 Å². The first-order valence-electron chi connectivity index (χ1n) is 13.0. The smallest absolute Gasteiger partial charge is 0.227 e. The van der Waals surface area contributed by atoms with E-state index in [1.165, 1.54) is 5.56 Å². The van der Waals surface area contributed by atoms with Gasteiger partial charge in [0, 0.05) is 29.1 Å². The number of hydrogen-bond donors (Lipinski definition) is 1. The zero-order valence-electron chi connectivity index (χ0n) is 21.2. The number of methoxy groups -OCH3 is 1. The minimum Gasteiger partial charge on any atom is -0.384 e. The van der Waals surface area contributed by atoms with Crippen LogP contribution in [-0.4, -0.2) is 70.2 Å². The van der Waals surface area contributed by atoms with Crippen LogP contribution in [0.4, 0.5) is 11.6 Å². The van der Waals surface area contributed by atoms with Crippen LogP contribution in [0.2, 0.25) is 5.02 Å². The van der Waals surface area contributed by atoms with E-state index in [1.54, 1.807) is 7.11 Å². The lowest BCUT2D eigenvalue weighted by atomic mass is 9.86. The van der Waals surface area contributed by atoms with E-state index in [0.717, 1.165) is 85.9 Å². The summed E-state index contributed by atoms with van der Waals surface area (Å²) in [4.78, 5) is 12.0. The largest absolute Gasteiger partial charge is 0.384 e. The molecule has 2 aromatic heterocycles. The average molecular weight is 509 g/mol. The number of likely N-dealkylation sites (tertiary alicyclic amines) is 1. The molecule has 2 saturated carbocycles. The summed E-state index contributed by atoms with van der Waals surface area (Å²) in [6, 6.07) is 4.18. The molecular formula is C27H33ClN6O2. The summed E-state index contributed by atoms with van der Waals surface area (Å²) < 4.78 is 13.1. The predicted molar refractivity (Wildman–Crippen MR) is 139 cm³/mol. The quantitative estimate of drug-likeness (QED) is 0.498. The molecule has 0 amide bonds. The number of piperidine rings is 1. The van der Waals surface area contributed by atoms with E-state index in [2.05, 4.69) is 39.8 Å². The highest BCUT2D eigenvalue weighted by Gasteiger charge is 2.85. The van der Waals surface area contributed by atoms with Gasteiger partial charge in [0.1, 0.15) is 0 Å². The van der Waals surface area contributed by atoms with Crippen molar-refractivity contribution in [2.45, 2.75) is 56.5 Å². The Balaban J connectivity index is 1.10. The molecule has 4 aliphatic rings. The second-order valence-corrected chi connectivity index (χ2v) is 12.1. The van der Waals surface area contributed by atoms with Crippen molar-refractivity contribution in [3.8, 4) is 0 Å². The Morgan fingerprint density at radius 3 is 2.67 bits per heavy atom. The van der Waals surface area contributed by atoms with Crippen molar-refractivity contribution >= 4 is 34.1 Å². The molecule has 0 bridgehead atoms. The lowest BCUT2D eigenvalue weighted by molar-refractivity contribution is -0.136. The van der Waals surface area contributed by atoms with Gasteiger partial charge in [-0.3, -0.25) is 9.58 Å². The van der Waals surface area contributed by atoms with Gasteiger partial charge in [0.15, 0.2) is 0 Å². The van der Waals surface area contributed by atoms with Gasteiger partial charge in [0.25, 0.3) is 0 Å². The Morgan fingerprint density at radius 1 is 1.19 bits per heavy atom. The maximum Gasteiger partial charge on any atom is 0.227 e. The number of hydrogen-bond acceptors (Lipinski definition) is 7. The molecule has 0 atom stereocenters. The summed E-state index contributed by atoms with van der Waals surface area (Å²) in [6.45, 7) is 9.06. The number of nitrogens with one attached hydrogen (secondary N) is 1. The first-order valence-corrected chi connectivity index (χ1v) is 13.3. The number of ether oxygens (including phenoxy) is 2. The summed E-state index contributed by atoms with van der Waals surface area (Å²) in [6.07, 6.45) is 8.24. The van der Waals surface area contributed by atoms with Crippen LogP contribution in [-0.2, 0) is 15.0 Å². The molecule has 1 aromatic carbocycles. The second-order valence-electron chi connectivity index (χ2n) is 11.7. The highest BCUT2D eigenvalue weighted by Crippen LogP contribution is 2.83. The minimum absolute atomic E-state index is 0.154. The number of fused-ring (bicyclic) bond motifs is 2. The minimum atomic E-state index is 0.154. The standard InChI is InChI=1S/C27H33ClN6O2/c1-17-23(11-30-34(17)27-12-26(27,13-27)16-35-3)32-24-29-10-19-8-21(28)20(9-22(19)31-24)18-4-6-33(7-5-18)25(2)14-36-15-25/h8-11,18H,4-7,12-16H2,1-3H3,(H,29,31,32). The average Bonchev–Trinajstić information content (AvgIpc) is 3.62. The van der Waals surface area contributed by atoms with Gasteiger partial charge in [-0.15, -0.1) is 0 Å². The van der Waals surface area contributed by atoms with Gasteiger partial charge in [-0.05, 0) is 76.2 Å². The van der Waals surface area contributed by atoms with Crippen LogP contribution in [0.15, 0.2) is 24.5 Å². The predicted octanol–water partition coefficient (Wildman–Crippen LogP) is 4.64. The lowest BCUT2D eigenvalue weighted by Gasteiger charge is -2.50. The fourth-order valence-corrected chi connectivity index (χ4v) is 7.03. The van der Waals surface area contributed by atoms with E-state index >= 15 is 0 Å². The molecule has 4 heterocycles. The van der Waals surface area contributed by atoms with Gasteiger partial charge < -0.3 is 14.8 Å². The molecular weight excluding hydrogens is 476 g/mol. The monoisotopic (exact) mass is 508 g/mol. The van der Waals surface area contributed by atoms with Crippen LogP contribution < -0.4 is 5.32 Å². The SMILES string of the molecule is COCC12CC1(n1ncc(Nc3ncc4cc(Cl)c(C5CCN(C6(C)COC6)CC5)cc4n3)c1C)C2. The third-order valence-corrected chi connectivity index (χ3v) is 9.63. The third kappa shape index (κ3) is 3.34. The molecule has 7 rings (SSSR count). The first kappa shape index (κ1) is 22.9. The van der Waals surface area contributed by atoms with Crippen LogP contribution in [0.25, 0.3) is 10.9 Å². The Labute approximate surface area is 216 Å². The van der Waals surface area contributed by atoms with Gasteiger partial charge in [0.05, 0.1) is 54.0 Å². The highest BCUT2D eigenvalue weighted by molar-refractivity contribution is 6.32. The van der Waals surface area contributed by atoms with Crippen molar-refractivity contribution in [1.29, 1.82) is 0 Å². The summed E-state index contributed by atoms with van der Waals surface area (Å²) in [5.41, 5.74) is 4.84. The molecule has 2 aliphatic carbocycles. The van der Waals surface area contributed by atoms with Gasteiger partial charge in [-0.1, -0.05) is 11.6 Å². The molecule has 0 unspecified atom stereocenters. The number of anilines is 2. The second kappa shape index (κ2) is 7.87. The maximum atomic E-state index is 6.76.